The topological polar surface area (TPSA) is 78.5 Å². The highest BCUT2D eigenvalue weighted by Crippen LogP contribution is 2.23. The summed E-state index contributed by atoms with van der Waals surface area (Å²) >= 11 is 0. The Balaban J connectivity index is 1.69. The molecule has 8 heteroatoms. The molecule has 0 spiro atoms. The van der Waals surface area contributed by atoms with Crippen molar-refractivity contribution < 1.29 is 23.2 Å². The maximum Gasteiger partial charge on any atom is 0.256 e. The first kappa shape index (κ1) is 24.4. The number of benzene rings is 2. The summed E-state index contributed by atoms with van der Waals surface area (Å²) < 4.78 is 27.2. The molecule has 1 saturated heterocycles. The van der Waals surface area contributed by atoms with Crippen LogP contribution in [0.5, 0.6) is 0 Å². The number of hydrogen-bond acceptors (Lipinski definition) is 3. The number of nitrogens with one attached hydrogen (secondary N) is 2. The molecule has 1 aliphatic rings. The van der Waals surface area contributed by atoms with Crippen molar-refractivity contribution in [3.05, 3.63) is 71.3 Å². The van der Waals surface area contributed by atoms with Crippen LogP contribution in [-0.4, -0.2) is 48.3 Å². The van der Waals surface area contributed by atoms with E-state index in [0.29, 0.717) is 32.5 Å². The molecule has 0 aliphatic carbocycles. The zero-order valence-corrected chi connectivity index (χ0v) is 18.8. The molecule has 1 atom stereocenters. The summed E-state index contributed by atoms with van der Waals surface area (Å²) in [5.41, 5.74) is 0.275. The number of nitrogens with zero attached hydrogens (tertiary/aromatic N) is 1. The number of amides is 3. The van der Waals surface area contributed by atoms with E-state index in [-0.39, 0.29) is 34.8 Å². The molecule has 3 amide bonds. The van der Waals surface area contributed by atoms with E-state index in [1.54, 1.807) is 11.0 Å². The fourth-order valence-corrected chi connectivity index (χ4v) is 3.88. The summed E-state index contributed by atoms with van der Waals surface area (Å²) in [6.45, 7) is 5.10. The van der Waals surface area contributed by atoms with Crippen molar-refractivity contribution in [2.24, 2.45) is 11.8 Å². The molecule has 2 aromatic carbocycles. The molecule has 0 radical (unpaired) electrons. The van der Waals surface area contributed by atoms with Gasteiger partial charge in [-0.2, -0.15) is 0 Å². The van der Waals surface area contributed by atoms with E-state index in [1.807, 2.05) is 13.8 Å². The number of hydrogen-bond donors (Lipinski definition) is 2. The van der Waals surface area contributed by atoms with Crippen molar-refractivity contribution >= 4 is 17.7 Å². The van der Waals surface area contributed by atoms with Gasteiger partial charge in [-0.25, -0.2) is 8.78 Å². The maximum atomic E-state index is 14.0. The summed E-state index contributed by atoms with van der Waals surface area (Å²) in [6.07, 6.45) is 0.952. The van der Waals surface area contributed by atoms with Crippen LogP contribution >= 0.6 is 0 Å². The number of carbonyl (C=O) groups is 3. The van der Waals surface area contributed by atoms with Gasteiger partial charge in [0.2, 0.25) is 5.91 Å². The van der Waals surface area contributed by atoms with Gasteiger partial charge in [0.15, 0.2) is 0 Å². The van der Waals surface area contributed by atoms with Gasteiger partial charge in [-0.1, -0.05) is 26.0 Å². The van der Waals surface area contributed by atoms with Gasteiger partial charge in [0.25, 0.3) is 11.8 Å². The van der Waals surface area contributed by atoms with Crippen LogP contribution in [0.4, 0.5) is 8.78 Å². The largest absolute Gasteiger partial charge is 0.354 e. The van der Waals surface area contributed by atoms with E-state index in [9.17, 15) is 23.2 Å². The second-order valence-electron chi connectivity index (χ2n) is 8.71. The Labute approximate surface area is 192 Å². The van der Waals surface area contributed by atoms with E-state index < -0.39 is 23.6 Å². The zero-order valence-electron chi connectivity index (χ0n) is 18.8. The molecule has 3 rings (SSSR count). The second-order valence-corrected chi connectivity index (χ2v) is 8.71. The molecule has 6 nitrogen and oxygen atoms in total. The van der Waals surface area contributed by atoms with Crippen molar-refractivity contribution in [1.82, 2.24) is 15.5 Å². The van der Waals surface area contributed by atoms with Crippen LogP contribution in [0.2, 0.25) is 0 Å². The Kier molecular flexibility index (Phi) is 8.14. The minimum atomic E-state index is -0.799. The highest BCUT2D eigenvalue weighted by atomic mass is 19.1. The number of halogens is 2. The lowest BCUT2D eigenvalue weighted by Gasteiger charge is -2.36. The molecular formula is C25H29F2N3O3. The van der Waals surface area contributed by atoms with Gasteiger partial charge in [-0.05, 0) is 61.1 Å². The third-order valence-corrected chi connectivity index (χ3v) is 5.76. The monoisotopic (exact) mass is 457 g/mol. The molecule has 176 valence electrons. The molecule has 33 heavy (non-hydrogen) atoms. The predicted molar refractivity (Wildman–Crippen MR) is 121 cm³/mol. The first-order valence-corrected chi connectivity index (χ1v) is 11.1. The molecule has 1 aliphatic heterocycles. The first-order chi connectivity index (χ1) is 15.8. The molecule has 0 aromatic heterocycles. The zero-order chi connectivity index (χ0) is 24.0. The Morgan fingerprint density at radius 1 is 1.00 bits per heavy atom. The fourth-order valence-electron chi connectivity index (χ4n) is 3.88. The second kappa shape index (κ2) is 11.0. The van der Waals surface area contributed by atoms with E-state index in [2.05, 4.69) is 10.6 Å². The third-order valence-electron chi connectivity index (χ3n) is 5.76. The van der Waals surface area contributed by atoms with Gasteiger partial charge in [-0.15, -0.1) is 0 Å². The smallest absolute Gasteiger partial charge is 0.256 e. The Morgan fingerprint density at radius 3 is 2.24 bits per heavy atom. The van der Waals surface area contributed by atoms with E-state index in [1.165, 1.54) is 42.5 Å². The van der Waals surface area contributed by atoms with Crippen molar-refractivity contribution in [3.8, 4) is 0 Å². The lowest BCUT2D eigenvalue weighted by molar-refractivity contribution is -0.124. The van der Waals surface area contributed by atoms with Crippen LogP contribution in [-0.2, 0) is 4.79 Å². The van der Waals surface area contributed by atoms with Crippen LogP contribution in [0.1, 0.15) is 47.4 Å². The predicted octanol–water partition coefficient (Wildman–Crippen LogP) is 3.39. The van der Waals surface area contributed by atoms with Crippen LogP contribution in [0.25, 0.3) is 0 Å². The van der Waals surface area contributed by atoms with Gasteiger partial charge < -0.3 is 15.5 Å². The van der Waals surface area contributed by atoms with Gasteiger partial charge in [-0.3, -0.25) is 14.4 Å². The molecule has 1 unspecified atom stereocenters. The van der Waals surface area contributed by atoms with Gasteiger partial charge >= 0.3 is 0 Å². The fraction of sp³-hybridized carbons (Fsp3) is 0.400. The Bertz CT molecular complexity index is 987. The summed E-state index contributed by atoms with van der Waals surface area (Å²) in [5, 5.41) is 5.66. The quantitative estimate of drug-likeness (QED) is 0.669. The minimum Gasteiger partial charge on any atom is -0.354 e. The third kappa shape index (κ3) is 6.37. The van der Waals surface area contributed by atoms with Crippen LogP contribution in [0.15, 0.2) is 48.5 Å². The summed E-state index contributed by atoms with van der Waals surface area (Å²) in [7, 11) is 0. The molecule has 1 heterocycles. The number of likely N-dealkylation sites (tertiary alicyclic amines) is 1. The minimum absolute atomic E-state index is 0.0202. The van der Waals surface area contributed by atoms with Crippen LogP contribution in [0, 0.1) is 23.5 Å². The van der Waals surface area contributed by atoms with Crippen molar-refractivity contribution in [1.29, 1.82) is 0 Å². The van der Waals surface area contributed by atoms with Gasteiger partial charge in [0, 0.05) is 25.2 Å². The highest BCUT2D eigenvalue weighted by Gasteiger charge is 2.34. The lowest BCUT2D eigenvalue weighted by atomic mass is 9.88. The number of carbonyl (C=O) groups excluding carboxylic acids is 3. The summed E-state index contributed by atoms with van der Waals surface area (Å²) in [4.78, 5) is 39.9. The molecule has 2 N–H and O–H groups in total. The lowest BCUT2D eigenvalue weighted by Crippen LogP contribution is -2.54. The summed E-state index contributed by atoms with van der Waals surface area (Å²) in [6, 6.07) is 10.2. The average molecular weight is 458 g/mol. The van der Waals surface area contributed by atoms with E-state index in [0.717, 1.165) is 0 Å². The molecule has 0 saturated carbocycles. The highest BCUT2D eigenvalue weighted by molar-refractivity contribution is 5.97. The molecule has 1 fully saturated rings. The van der Waals surface area contributed by atoms with E-state index in [4.69, 9.17) is 0 Å². The van der Waals surface area contributed by atoms with E-state index >= 15 is 0 Å². The Morgan fingerprint density at radius 2 is 1.64 bits per heavy atom. The maximum absolute atomic E-state index is 14.0. The number of piperidine rings is 1. The number of rotatable bonds is 7. The van der Waals surface area contributed by atoms with Gasteiger partial charge in [0.1, 0.15) is 17.7 Å². The molecular weight excluding hydrogens is 428 g/mol. The average Bonchev–Trinajstić information content (AvgIpc) is 2.81. The van der Waals surface area contributed by atoms with Crippen molar-refractivity contribution in [3.63, 3.8) is 0 Å². The standard InChI is InChI=1S/C25H29F2N3O3/c1-16(2)15-28-24(32)22(29-23(31)18-7-9-19(26)10-8-18)17-11-13-30(14-12-17)25(33)20-5-3-4-6-21(20)27/h3-10,16-17,22H,11-15H2,1-2H3,(H,28,32)(H,29,31). The SMILES string of the molecule is CC(C)CNC(=O)C(NC(=O)c1ccc(F)cc1)C1CCN(C(=O)c2ccccc2F)CC1. The Hall–Kier alpha value is -3.29. The molecule has 2 aromatic rings. The normalized spacial score (nSPS) is 15.2. The van der Waals surface area contributed by atoms with Crippen LogP contribution < -0.4 is 10.6 Å². The van der Waals surface area contributed by atoms with Crippen LogP contribution in [0.3, 0.4) is 0 Å². The van der Waals surface area contributed by atoms with Gasteiger partial charge in [0.05, 0.1) is 5.56 Å². The van der Waals surface area contributed by atoms with Crippen molar-refractivity contribution in [2.45, 2.75) is 32.7 Å². The van der Waals surface area contributed by atoms with Crippen molar-refractivity contribution in [2.75, 3.05) is 19.6 Å². The summed E-state index contributed by atoms with van der Waals surface area (Å²) in [5.74, 6) is -2.13. The molecule has 0 bridgehead atoms. The first-order valence-electron chi connectivity index (χ1n) is 11.1.